The molecule has 70 valence electrons. The second-order valence-electron chi connectivity index (χ2n) is 3.08. The van der Waals surface area contributed by atoms with Crippen molar-refractivity contribution in [1.29, 1.82) is 0 Å². The van der Waals surface area contributed by atoms with Crippen molar-refractivity contribution in [3.8, 4) is 0 Å². The molecule has 0 fully saturated rings. The average molecular weight is 178 g/mol. The minimum absolute atomic E-state index is 0.215. The van der Waals surface area contributed by atoms with Gasteiger partial charge in [-0.1, -0.05) is 29.8 Å². The molecule has 1 aromatic rings. The maximum Gasteiger partial charge on any atom is 0.302 e. The molecule has 0 aliphatic rings. The molecule has 0 amide bonds. The number of aryl methyl sites for hydroxylation is 1. The fourth-order valence-corrected chi connectivity index (χ4v) is 1.18. The molecule has 0 aliphatic carbocycles. The lowest BCUT2D eigenvalue weighted by atomic mass is 10.1. The van der Waals surface area contributed by atoms with Gasteiger partial charge in [-0.15, -0.1) is 0 Å². The maximum absolute atomic E-state index is 10.5. The average Bonchev–Trinajstić information content (AvgIpc) is 2.03. The van der Waals surface area contributed by atoms with Gasteiger partial charge in [0, 0.05) is 13.3 Å². The van der Waals surface area contributed by atoms with Crippen molar-refractivity contribution in [2.75, 3.05) is 6.61 Å². The van der Waals surface area contributed by atoms with Gasteiger partial charge in [-0.25, -0.2) is 0 Å². The summed E-state index contributed by atoms with van der Waals surface area (Å²) >= 11 is 0. The van der Waals surface area contributed by atoms with Crippen LogP contribution < -0.4 is 0 Å². The smallest absolute Gasteiger partial charge is 0.302 e. The van der Waals surface area contributed by atoms with E-state index >= 15 is 0 Å². The zero-order valence-corrected chi connectivity index (χ0v) is 8.04. The molecule has 13 heavy (non-hydrogen) atoms. The van der Waals surface area contributed by atoms with Crippen LogP contribution in [0.3, 0.4) is 0 Å². The Balaban J connectivity index is 2.41. The van der Waals surface area contributed by atoms with Crippen LogP contribution in [-0.2, 0) is 16.0 Å². The summed E-state index contributed by atoms with van der Waals surface area (Å²) in [6.45, 7) is 3.95. The predicted octanol–water partition coefficient (Wildman–Crippen LogP) is 2.10. The summed E-state index contributed by atoms with van der Waals surface area (Å²) in [6, 6.07) is 8.20. The standard InChI is InChI=1S/C11H14O2/c1-9-4-3-5-11(8-9)6-7-13-10(2)12/h3-5,8H,6-7H2,1-2H3. The van der Waals surface area contributed by atoms with Crippen molar-refractivity contribution < 1.29 is 9.53 Å². The van der Waals surface area contributed by atoms with E-state index in [0.29, 0.717) is 6.61 Å². The van der Waals surface area contributed by atoms with Crippen LogP contribution in [0, 0.1) is 6.92 Å². The van der Waals surface area contributed by atoms with E-state index in [9.17, 15) is 4.79 Å². The topological polar surface area (TPSA) is 26.3 Å². The third-order valence-electron chi connectivity index (χ3n) is 1.78. The summed E-state index contributed by atoms with van der Waals surface area (Å²) in [6.07, 6.45) is 0.793. The maximum atomic E-state index is 10.5. The van der Waals surface area contributed by atoms with Gasteiger partial charge in [0.25, 0.3) is 0 Å². The first-order valence-corrected chi connectivity index (χ1v) is 4.37. The van der Waals surface area contributed by atoms with Gasteiger partial charge >= 0.3 is 5.97 Å². The Morgan fingerprint density at radius 3 is 2.85 bits per heavy atom. The van der Waals surface area contributed by atoms with E-state index in [1.807, 2.05) is 12.1 Å². The van der Waals surface area contributed by atoms with E-state index in [-0.39, 0.29) is 5.97 Å². The Labute approximate surface area is 78.5 Å². The molecular formula is C11H14O2. The lowest BCUT2D eigenvalue weighted by Gasteiger charge is -2.02. The highest BCUT2D eigenvalue weighted by Crippen LogP contribution is 2.04. The summed E-state index contributed by atoms with van der Waals surface area (Å²) in [7, 11) is 0. The van der Waals surface area contributed by atoms with Gasteiger partial charge in [0.05, 0.1) is 6.61 Å². The first-order chi connectivity index (χ1) is 6.18. The minimum atomic E-state index is -0.215. The Hall–Kier alpha value is -1.31. The molecule has 2 heteroatoms. The normalized spacial score (nSPS) is 9.69. The van der Waals surface area contributed by atoms with Gasteiger partial charge in [0.15, 0.2) is 0 Å². The fourth-order valence-electron chi connectivity index (χ4n) is 1.18. The van der Waals surface area contributed by atoms with E-state index in [2.05, 4.69) is 19.1 Å². The number of carbonyl (C=O) groups is 1. The fraction of sp³-hybridized carbons (Fsp3) is 0.364. The zero-order chi connectivity index (χ0) is 9.68. The van der Waals surface area contributed by atoms with E-state index in [1.165, 1.54) is 18.1 Å². The van der Waals surface area contributed by atoms with Crippen LogP contribution in [0.5, 0.6) is 0 Å². The molecule has 0 aliphatic heterocycles. The molecule has 0 saturated heterocycles. The molecule has 0 atom stereocenters. The van der Waals surface area contributed by atoms with E-state index < -0.39 is 0 Å². The highest BCUT2D eigenvalue weighted by atomic mass is 16.5. The van der Waals surface area contributed by atoms with Crippen LogP contribution in [-0.4, -0.2) is 12.6 Å². The monoisotopic (exact) mass is 178 g/mol. The summed E-state index contributed by atoms with van der Waals surface area (Å²) in [4.78, 5) is 10.5. The first-order valence-electron chi connectivity index (χ1n) is 4.37. The Bertz CT molecular complexity index is 292. The molecule has 0 aromatic heterocycles. The molecule has 0 heterocycles. The zero-order valence-electron chi connectivity index (χ0n) is 8.04. The number of rotatable bonds is 3. The summed E-state index contributed by atoms with van der Waals surface area (Å²) < 4.78 is 4.85. The van der Waals surface area contributed by atoms with Gasteiger partial charge in [0.2, 0.25) is 0 Å². The molecule has 0 N–H and O–H groups in total. The Morgan fingerprint density at radius 1 is 1.46 bits per heavy atom. The quantitative estimate of drug-likeness (QED) is 0.662. The summed E-state index contributed by atoms with van der Waals surface area (Å²) in [5.74, 6) is -0.215. The predicted molar refractivity (Wildman–Crippen MR) is 51.5 cm³/mol. The van der Waals surface area contributed by atoms with E-state index in [1.54, 1.807) is 0 Å². The van der Waals surface area contributed by atoms with Crippen LogP contribution >= 0.6 is 0 Å². The molecule has 0 saturated carbocycles. The lowest BCUT2D eigenvalue weighted by molar-refractivity contribution is -0.140. The van der Waals surface area contributed by atoms with Crippen molar-refractivity contribution in [1.82, 2.24) is 0 Å². The summed E-state index contributed by atoms with van der Waals surface area (Å²) in [5.41, 5.74) is 2.45. The van der Waals surface area contributed by atoms with E-state index in [0.717, 1.165) is 6.42 Å². The SMILES string of the molecule is CC(=O)OCCc1cccc(C)c1. The van der Waals surface area contributed by atoms with Gasteiger partial charge < -0.3 is 4.74 Å². The Morgan fingerprint density at radius 2 is 2.23 bits per heavy atom. The van der Waals surface area contributed by atoms with Crippen molar-refractivity contribution in [3.63, 3.8) is 0 Å². The molecule has 1 rings (SSSR count). The molecule has 0 spiro atoms. The number of esters is 1. The third kappa shape index (κ3) is 3.74. The molecule has 0 unspecified atom stereocenters. The van der Waals surface area contributed by atoms with Crippen molar-refractivity contribution in [2.24, 2.45) is 0 Å². The summed E-state index contributed by atoms with van der Waals surface area (Å²) in [5, 5.41) is 0. The van der Waals surface area contributed by atoms with Crippen LogP contribution in [0.4, 0.5) is 0 Å². The molecule has 0 radical (unpaired) electrons. The highest BCUT2D eigenvalue weighted by molar-refractivity contribution is 5.65. The van der Waals surface area contributed by atoms with Crippen molar-refractivity contribution in [3.05, 3.63) is 35.4 Å². The van der Waals surface area contributed by atoms with Crippen molar-refractivity contribution >= 4 is 5.97 Å². The van der Waals surface area contributed by atoms with Crippen LogP contribution in [0.1, 0.15) is 18.1 Å². The van der Waals surface area contributed by atoms with Gasteiger partial charge in [0.1, 0.15) is 0 Å². The van der Waals surface area contributed by atoms with E-state index in [4.69, 9.17) is 4.74 Å². The molecule has 1 aromatic carbocycles. The number of benzene rings is 1. The number of hydrogen-bond donors (Lipinski definition) is 0. The number of hydrogen-bond acceptors (Lipinski definition) is 2. The number of carbonyl (C=O) groups excluding carboxylic acids is 1. The van der Waals surface area contributed by atoms with Crippen molar-refractivity contribution in [2.45, 2.75) is 20.3 Å². The molecule has 0 bridgehead atoms. The van der Waals surface area contributed by atoms with Crippen LogP contribution in [0.2, 0.25) is 0 Å². The van der Waals surface area contributed by atoms with Gasteiger partial charge in [-0.05, 0) is 12.5 Å². The first kappa shape index (κ1) is 9.78. The highest BCUT2D eigenvalue weighted by Gasteiger charge is 1.95. The molecule has 2 nitrogen and oxygen atoms in total. The Kier molecular flexibility index (Phi) is 3.50. The third-order valence-corrected chi connectivity index (χ3v) is 1.78. The van der Waals surface area contributed by atoms with Gasteiger partial charge in [-0.2, -0.15) is 0 Å². The lowest BCUT2D eigenvalue weighted by Crippen LogP contribution is -2.03. The largest absolute Gasteiger partial charge is 0.466 e. The number of ether oxygens (including phenoxy) is 1. The minimum Gasteiger partial charge on any atom is -0.466 e. The second kappa shape index (κ2) is 4.65. The van der Waals surface area contributed by atoms with Crippen LogP contribution in [0.15, 0.2) is 24.3 Å². The van der Waals surface area contributed by atoms with Crippen LogP contribution in [0.25, 0.3) is 0 Å². The van der Waals surface area contributed by atoms with Gasteiger partial charge in [-0.3, -0.25) is 4.79 Å². The molecular weight excluding hydrogens is 164 g/mol. The second-order valence-corrected chi connectivity index (χ2v) is 3.08.